The molecule has 1 atom stereocenters. The van der Waals surface area contributed by atoms with Gasteiger partial charge in [0.1, 0.15) is 0 Å². The van der Waals surface area contributed by atoms with Gasteiger partial charge in [0, 0.05) is 50.3 Å². The van der Waals surface area contributed by atoms with E-state index < -0.39 is 0 Å². The molecular formula is C28H33N3O5. The summed E-state index contributed by atoms with van der Waals surface area (Å²) in [5.41, 5.74) is 2.88. The number of aromatic nitrogens is 1. The van der Waals surface area contributed by atoms with E-state index in [9.17, 15) is 4.79 Å². The molecule has 3 aromatic rings. The molecule has 1 aromatic heterocycles. The van der Waals surface area contributed by atoms with Crippen LogP contribution in [0.15, 0.2) is 42.5 Å². The summed E-state index contributed by atoms with van der Waals surface area (Å²) in [4.78, 5) is 23.0. The number of pyridine rings is 1. The Kier molecular flexibility index (Phi) is 7.25. The number of carbonyl (C=O) groups is 1. The molecule has 36 heavy (non-hydrogen) atoms. The highest BCUT2D eigenvalue weighted by Crippen LogP contribution is 2.41. The number of methoxy groups -OCH3 is 3. The third-order valence-electron chi connectivity index (χ3n) is 7.05. The zero-order valence-electron chi connectivity index (χ0n) is 21.2. The summed E-state index contributed by atoms with van der Waals surface area (Å²) in [5.74, 6) is 1.62. The lowest BCUT2D eigenvalue weighted by molar-refractivity contribution is 0.0433. The van der Waals surface area contributed by atoms with Crippen molar-refractivity contribution in [2.24, 2.45) is 0 Å². The molecule has 0 aliphatic carbocycles. The van der Waals surface area contributed by atoms with Crippen LogP contribution in [0.3, 0.4) is 0 Å². The van der Waals surface area contributed by atoms with Crippen LogP contribution in [0.2, 0.25) is 0 Å². The molecule has 0 bridgehead atoms. The maximum absolute atomic E-state index is 13.8. The second kappa shape index (κ2) is 10.7. The zero-order valence-corrected chi connectivity index (χ0v) is 21.2. The minimum atomic E-state index is 0.0269. The number of fused-ring (bicyclic) bond motifs is 1. The molecule has 0 radical (unpaired) electrons. The molecule has 1 unspecified atom stereocenters. The summed E-state index contributed by atoms with van der Waals surface area (Å²) in [7, 11) is 4.75. The number of para-hydroxylation sites is 1. The monoisotopic (exact) mass is 491 g/mol. The van der Waals surface area contributed by atoms with Crippen LogP contribution in [0.5, 0.6) is 17.2 Å². The maximum atomic E-state index is 13.8. The van der Waals surface area contributed by atoms with Gasteiger partial charge in [0.15, 0.2) is 11.5 Å². The number of hydrogen-bond donors (Lipinski definition) is 0. The molecule has 1 amide bonds. The smallest absolute Gasteiger partial charge is 0.254 e. The van der Waals surface area contributed by atoms with Gasteiger partial charge in [0.2, 0.25) is 5.75 Å². The Hall–Kier alpha value is -3.36. The standard InChI is InChI=1S/C28H33N3O5/c1-33-25-15-19(16-26(34-2)27(25)35-3)24-17-22(21-8-4-5-9-23(21)29-24)28(32)31-12-10-30(11-13-31)18-20-7-6-14-36-20/h4-5,8-9,15-17,20H,6-7,10-14,18H2,1-3H3. The van der Waals surface area contributed by atoms with E-state index in [-0.39, 0.29) is 5.91 Å². The highest BCUT2D eigenvalue weighted by Gasteiger charge is 2.27. The number of hydrogen-bond acceptors (Lipinski definition) is 7. The van der Waals surface area contributed by atoms with Crippen molar-refractivity contribution in [3.8, 4) is 28.5 Å². The molecular weight excluding hydrogens is 458 g/mol. The van der Waals surface area contributed by atoms with Crippen molar-refractivity contribution in [1.29, 1.82) is 0 Å². The van der Waals surface area contributed by atoms with Crippen LogP contribution in [0.1, 0.15) is 23.2 Å². The Balaban J connectivity index is 1.45. The van der Waals surface area contributed by atoms with Crippen LogP contribution < -0.4 is 14.2 Å². The molecule has 8 heteroatoms. The first-order valence-corrected chi connectivity index (χ1v) is 12.4. The largest absolute Gasteiger partial charge is 0.493 e. The van der Waals surface area contributed by atoms with Crippen molar-refractivity contribution in [1.82, 2.24) is 14.8 Å². The first-order chi connectivity index (χ1) is 17.6. The van der Waals surface area contributed by atoms with E-state index in [1.54, 1.807) is 21.3 Å². The number of piperazine rings is 1. The summed E-state index contributed by atoms with van der Waals surface area (Å²) in [6, 6.07) is 13.4. The summed E-state index contributed by atoms with van der Waals surface area (Å²) in [6.07, 6.45) is 2.61. The van der Waals surface area contributed by atoms with Crippen molar-refractivity contribution in [2.75, 3.05) is 60.7 Å². The van der Waals surface area contributed by atoms with Crippen molar-refractivity contribution >= 4 is 16.8 Å². The third-order valence-corrected chi connectivity index (χ3v) is 7.05. The second-order valence-electron chi connectivity index (χ2n) is 9.21. The average Bonchev–Trinajstić information content (AvgIpc) is 3.44. The Morgan fingerprint density at radius 2 is 1.72 bits per heavy atom. The molecule has 0 spiro atoms. The Bertz CT molecular complexity index is 1210. The van der Waals surface area contributed by atoms with Crippen molar-refractivity contribution in [3.05, 3.63) is 48.0 Å². The van der Waals surface area contributed by atoms with E-state index >= 15 is 0 Å². The van der Waals surface area contributed by atoms with Gasteiger partial charge >= 0.3 is 0 Å². The predicted molar refractivity (Wildman–Crippen MR) is 138 cm³/mol. The van der Waals surface area contributed by atoms with Gasteiger partial charge in [-0.25, -0.2) is 4.98 Å². The fourth-order valence-electron chi connectivity index (χ4n) is 5.11. The highest BCUT2D eigenvalue weighted by atomic mass is 16.5. The van der Waals surface area contributed by atoms with Gasteiger partial charge in [-0.1, -0.05) is 18.2 Å². The summed E-state index contributed by atoms with van der Waals surface area (Å²) in [5, 5.41) is 0.848. The first kappa shape index (κ1) is 24.3. The summed E-state index contributed by atoms with van der Waals surface area (Å²) in [6.45, 7) is 4.92. The molecule has 2 aliphatic heterocycles. The van der Waals surface area contributed by atoms with Gasteiger partial charge in [0.25, 0.3) is 5.91 Å². The van der Waals surface area contributed by atoms with E-state index in [1.807, 2.05) is 47.4 Å². The highest BCUT2D eigenvalue weighted by molar-refractivity contribution is 6.07. The molecule has 190 valence electrons. The van der Waals surface area contributed by atoms with Gasteiger partial charge < -0.3 is 23.8 Å². The second-order valence-corrected chi connectivity index (χ2v) is 9.21. The number of rotatable bonds is 7. The fourth-order valence-corrected chi connectivity index (χ4v) is 5.11. The molecule has 2 aliphatic rings. The molecule has 0 N–H and O–H groups in total. The minimum absolute atomic E-state index is 0.0269. The van der Waals surface area contributed by atoms with Crippen LogP contribution in [0.25, 0.3) is 22.2 Å². The van der Waals surface area contributed by atoms with Crippen LogP contribution in [0.4, 0.5) is 0 Å². The van der Waals surface area contributed by atoms with Gasteiger partial charge in [-0.3, -0.25) is 9.69 Å². The lowest BCUT2D eigenvalue weighted by Gasteiger charge is -2.36. The minimum Gasteiger partial charge on any atom is -0.493 e. The molecule has 2 aromatic carbocycles. The van der Waals surface area contributed by atoms with E-state index in [1.165, 1.54) is 0 Å². The molecule has 8 nitrogen and oxygen atoms in total. The Morgan fingerprint density at radius 3 is 2.36 bits per heavy atom. The average molecular weight is 492 g/mol. The van der Waals surface area contributed by atoms with Crippen LogP contribution in [-0.4, -0.2) is 87.5 Å². The van der Waals surface area contributed by atoms with E-state index in [0.717, 1.165) is 55.5 Å². The fraction of sp³-hybridized carbons (Fsp3) is 0.429. The van der Waals surface area contributed by atoms with Gasteiger partial charge in [-0.15, -0.1) is 0 Å². The molecule has 3 heterocycles. The molecule has 5 rings (SSSR count). The lowest BCUT2D eigenvalue weighted by atomic mass is 10.0. The van der Waals surface area contributed by atoms with Crippen molar-refractivity contribution < 1.29 is 23.7 Å². The SMILES string of the molecule is COc1cc(-c2cc(C(=O)N3CCN(CC4CCCO4)CC3)c3ccccc3n2)cc(OC)c1OC. The lowest BCUT2D eigenvalue weighted by Crippen LogP contribution is -2.50. The normalized spacial score (nSPS) is 18.4. The number of nitrogens with zero attached hydrogens (tertiary/aromatic N) is 3. The molecule has 2 saturated heterocycles. The van der Waals surface area contributed by atoms with Crippen LogP contribution >= 0.6 is 0 Å². The first-order valence-electron chi connectivity index (χ1n) is 12.4. The molecule has 0 saturated carbocycles. The van der Waals surface area contributed by atoms with E-state index in [0.29, 0.717) is 47.7 Å². The van der Waals surface area contributed by atoms with Gasteiger partial charge in [-0.05, 0) is 37.1 Å². The van der Waals surface area contributed by atoms with Crippen molar-refractivity contribution in [3.63, 3.8) is 0 Å². The number of benzene rings is 2. The Morgan fingerprint density at radius 1 is 1.00 bits per heavy atom. The van der Waals surface area contributed by atoms with Gasteiger partial charge in [0.05, 0.1) is 44.2 Å². The Labute approximate surface area is 211 Å². The van der Waals surface area contributed by atoms with Crippen LogP contribution in [-0.2, 0) is 4.74 Å². The number of amides is 1. The quantitative estimate of drug-likeness (QED) is 0.497. The van der Waals surface area contributed by atoms with Crippen molar-refractivity contribution in [2.45, 2.75) is 18.9 Å². The summed E-state index contributed by atoms with van der Waals surface area (Å²) >= 11 is 0. The maximum Gasteiger partial charge on any atom is 0.254 e. The van der Waals surface area contributed by atoms with Crippen LogP contribution in [0, 0.1) is 0 Å². The third kappa shape index (κ3) is 4.83. The number of carbonyl (C=O) groups excluding carboxylic acids is 1. The predicted octanol–water partition coefficient (Wildman–Crippen LogP) is 3.86. The van der Waals surface area contributed by atoms with Gasteiger partial charge in [-0.2, -0.15) is 0 Å². The molecule has 2 fully saturated rings. The van der Waals surface area contributed by atoms with E-state index in [4.69, 9.17) is 23.9 Å². The summed E-state index contributed by atoms with van der Waals surface area (Å²) < 4.78 is 22.3. The van der Waals surface area contributed by atoms with E-state index in [2.05, 4.69) is 4.90 Å². The number of ether oxygens (including phenoxy) is 4. The zero-order chi connectivity index (χ0) is 25.1. The topological polar surface area (TPSA) is 73.4 Å².